The molecule has 0 spiro atoms. The molecule has 0 saturated carbocycles. The maximum atomic E-state index is 10.5. The predicted octanol–water partition coefficient (Wildman–Crippen LogP) is 8.75. The molecule has 6 aromatic rings. The first-order chi connectivity index (χ1) is 29.7. The topological polar surface area (TPSA) is 70.3 Å². The third-order valence-corrected chi connectivity index (χ3v) is 11.9. The lowest BCUT2D eigenvalue weighted by Crippen LogP contribution is -2.45. The average Bonchev–Trinajstić information content (AvgIpc) is 4.11. The van der Waals surface area contributed by atoms with Crippen LogP contribution in [0, 0.1) is 6.92 Å². The van der Waals surface area contributed by atoms with E-state index in [0.29, 0.717) is 0 Å². The summed E-state index contributed by atoms with van der Waals surface area (Å²) in [6, 6.07) is 60.5. The minimum Gasteiger partial charge on any atom is -0.297 e. The molecule has 6 aromatic carbocycles. The molecule has 0 bridgehead atoms. The normalized spacial score (nSPS) is 16.2. The lowest BCUT2D eigenvalue weighted by atomic mass is 10.1. The van der Waals surface area contributed by atoms with Crippen LogP contribution in [0.25, 0.3) is 0 Å². The molecule has 2 saturated heterocycles. The molecule has 2 heterocycles. The maximum absolute atomic E-state index is 10.5. The quantitative estimate of drug-likeness (QED) is 0.103. The largest absolute Gasteiger partial charge is 0.297 e. The highest BCUT2D eigenvalue weighted by Crippen LogP contribution is 2.14. The van der Waals surface area contributed by atoms with Crippen LogP contribution in [0.3, 0.4) is 0 Å². The Hall–Kier alpha value is -4.97. The molecule has 1 N–H and O–H groups in total. The fraction of sp³-hybridized carbons (Fsp3) is 0.308. The molecular formula is C52H63N5O3S. The Kier molecular flexibility index (Phi) is 18.3. The number of nitrogens with zero attached hydrogens (tertiary/aromatic N) is 5. The molecule has 320 valence electrons. The van der Waals surface area contributed by atoms with Gasteiger partial charge in [0.25, 0.3) is 10.1 Å². The molecule has 8 rings (SSSR count). The first-order valence-electron chi connectivity index (χ1n) is 21.6. The SMILES string of the molecule is Cc1ccc(S(=O)(=O)O)cc1.c1ccc(CN2CC2)cc1.c1ccc(CN2CCN(Cc3ccccc3)CCN(Cc3ccccc3)CCN(Cc3ccccc3)CC2)cc1. The van der Waals surface area contributed by atoms with Gasteiger partial charge in [-0.3, -0.25) is 29.1 Å². The highest BCUT2D eigenvalue weighted by atomic mass is 32.2. The molecule has 0 radical (unpaired) electrons. The van der Waals surface area contributed by atoms with Crippen LogP contribution < -0.4 is 0 Å². The summed E-state index contributed by atoms with van der Waals surface area (Å²) >= 11 is 0. The monoisotopic (exact) mass is 837 g/mol. The van der Waals surface area contributed by atoms with Gasteiger partial charge >= 0.3 is 0 Å². The molecule has 9 heteroatoms. The summed E-state index contributed by atoms with van der Waals surface area (Å²) < 4.78 is 29.6. The van der Waals surface area contributed by atoms with Crippen molar-refractivity contribution in [1.29, 1.82) is 0 Å². The predicted molar refractivity (Wildman–Crippen MR) is 250 cm³/mol. The molecule has 2 fully saturated rings. The van der Waals surface area contributed by atoms with E-state index in [1.807, 2.05) is 6.92 Å². The van der Waals surface area contributed by atoms with Crippen LogP contribution in [0.1, 0.15) is 33.4 Å². The number of benzene rings is 6. The van der Waals surface area contributed by atoms with E-state index in [9.17, 15) is 8.42 Å². The van der Waals surface area contributed by atoms with Crippen LogP contribution in [-0.4, -0.2) is 103 Å². The van der Waals surface area contributed by atoms with Crippen LogP contribution in [0.15, 0.2) is 181 Å². The van der Waals surface area contributed by atoms with Gasteiger partial charge < -0.3 is 0 Å². The van der Waals surface area contributed by atoms with Gasteiger partial charge in [-0.25, -0.2) is 0 Å². The molecule has 2 aliphatic rings. The number of hydrogen-bond donors (Lipinski definition) is 1. The molecule has 0 amide bonds. The van der Waals surface area contributed by atoms with E-state index in [-0.39, 0.29) is 4.90 Å². The van der Waals surface area contributed by atoms with Crippen molar-refractivity contribution >= 4 is 10.1 Å². The third-order valence-electron chi connectivity index (χ3n) is 11.0. The fourth-order valence-corrected chi connectivity index (χ4v) is 7.84. The van der Waals surface area contributed by atoms with Crippen LogP contribution in [0.2, 0.25) is 0 Å². The van der Waals surface area contributed by atoms with Crippen LogP contribution in [0.5, 0.6) is 0 Å². The van der Waals surface area contributed by atoms with E-state index < -0.39 is 10.1 Å². The van der Waals surface area contributed by atoms with Crippen molar-refractivity contribution in [3.8, 4) is 0 Å². The van der Waals surface area contributed by atoms with Crippen molar-refractivity contribution < 1.29 is 13.0 Å². The minimum atomic E-state index is -4.02. The van der Waals surface area contributed by atoms with Gasteiger partial charge in [-0.1, -0.05) is 169 Å². The van der Waals surface area contributed by atoms with E-state index in [2.05, 4.69) is 176 Å². The number of aryl methyl sites for hydroxylation is 1. The van der Waals surface area contributed by atoms with Crippen LogP contribution >= 0.6 is 0 Å². The minimum absolute atomic E-state index is 0.0666. The number of hydrogen-bond acceptors (Lipinski definition) is 7. The summed E-state index contributed by atoms with van der Waals surface area (Å²) in [4.78, 5) is 13.0. The van der Waals surface area contributed by atoms with Gasteiger partial charge in [0.2, 0.25) is 0 Å². The van der Waals surface area contributed by atoms with Crippen molar-refractivity contribution in [3.63, 3.8) is 0 Å². The lowest BCUT2D eigenvalue weighted by molar-refractivity contribution is 0.122. The van der Waals surface area contributed by atoms with Crippen molar-refractivity contribution in [2.45, 2.75) is 44.5 Å². The maximum Gasteiger partial charge on any atom is 0.294 e. The van der Waals surface area contributed by atoms with Crippen molar-refractivity contribution in [2.24, 2.45) is 0 Å². The Balaban J connectivity index is 0.000000239. The van der Waals surface area contributed by atoms with Crippen molar-refractivity contribution in [1.82, 2.24) is 24.5 Å². The molecule has 0 aliphatic carbocycles. The molecular weight excluding hydrogens is 775 g/mol. The zero-order chi connectivity index (χ0) is 42.5. The van der Waals surface area contributed by atoms with Gasteiger partial charge in [-0.05, 0) is 46.9 Å². The zero-order valence-corrected chi connectivity index (χ0v) is 36.6. The van der Waals surface area contributed by atoms with Gasteiger partial charge in [0.1, 0.15) is 0 Å². The highest BCUT2D eigenvalue weighted by Gasteiger charge is 2.18. The summed E-state index contributed by atoms with van der Waals surface area (Å²) in [5.74, 6) is 0. The first kappa shape index (κ1) is 45.6. The summed E-state index contributed by atoms with van der Waals surface area (Å²) in [7, 11) is -4.02. The summed E-state index contributed by atoms with van der Waals surface area (Å²) in [5.41, 5.74) is 7.97. The molecule has 61 heavy (non-hydrogen) atoms. The highest BCUT2D eigenvalue weighted by molar-refractivity contribution is 7.85. The van der Waals surface area contributed by atoms with E-state index in [1.165, 1.54) is 53.0 Å². The average molecular weight is 838 g/mol. The Morgan fingerprint density at radius 3 is 0.721 bits per heavy atom. The second-order valence-corrected chi connectivity index (χ2v) is 17.5. The van der Waals surface area contributed by atoms with Gasteiger partial charge in [-0.15, -0.1) is 0 Å². The lowest BCUT2D eigenvalue weighted by Gasteiger charge is -2.34. The van der Waals surface area contributed by atoms with Gasteiger partial charge in [0.15, 0.2) is 0 Å². The summed E-state index contributed by atoms with van der Waals surface area (Å²) in [5, 5.41) is 0. The second kappa shape index (κ2) is 24.5. The fourth-order valence-electron chi connectivity index (χ4n) is 7.36. The van der Waals surface area contributed by atoms with Gasteiger partial charge in [0.05, 0.1) is 4.90 Å². The van der Waals surface area contributed by atoms with Gasteiger partial charge in [-0.2, -0.15) is 8.42 Å². The van der Waals surface area contributed by atoms with E-state index >= 15 is 0 Å². The van der Waals surface area contributed by atoms with E-state index in [4.69, 9.17) is 4.55 Å². The standard InChI is InChI=1S/C36H44N4.C9H11N.C7H8O3S/c1-5-13-33(14-6-1)29-37-21-23-38(30-34-15-7-2-8-16-34)25-27-40(32-36-19-11-4-12-20-36)28-26-39(24-22-37)31-35-17-9-3-10-18-35;1-2-4-9(5-3-1)8-10-6-7-10;1-6-2-4-7(5-3-6)11(8,9)10/h1-20H,21-32H2;1-5H,6-8H2;2-5H,1H3,(H,8,9,10). The Morgan fingerprint density at radius 1 is 0.344 bits per heavy atom. The Bertz CT molecular complexity index is 1980. The second-order valence-electron chi connectivity index (χ2n) is 16.1. The Labute approximate surface area is 365 Å². The van der Waals surface area contributed by atoms with E-state index in [1.54, 1.807) is 12.1 Å². The zero-order valence-electron chi connectivity index (χ0n) is 35.8. The van der Waals surface area contributed by atoms with Crippen LogP contribution in [0.4, 0.5) is 0 Å². The molecule has 2 aliphatic heterocycles. The van der Waals surface area contributed by atoms with Crippen molar-refractivity contribution in [3.05, 3.63) is 209 Å². The molecule has 0 aromatic heterocycles. The number of rotatable bonds is 11. The summed E-state index contributed by atoms with van der Waals surface area (Å²) in [6.07, 6.45) is 0. The molecule has 0 unspecified atom stereocenters. The smallest absolute Gasteiger partial charge is 0.294 e. The third kappa shape index (κ3) is 17.5. The summed E-state index contributed by atoms with van der Waals surface area (Å²) in [6.45, 7) is 18.1. The van der Waals surface area contributed by atoms with Crippen molar-refractivity contribution in [2.75, 3.05) is 65.4 Å². The van der Waals surface area contributed by atoms with Gasteiger partial charge in [0, 0.05) is 98.2 Å². The first-order valence-corrected chi connectivity index (χ1v) is 23.0. The van der Waals surface area contributed by atoms with E-state index in [0.717, 1.165) is 90.6 Å². The molecule has 8 nitrogen and oxygen atoms in total. The Morgan fingerprint density at radius 2 is 0.541 bits per heavy atom. The van der Waals surface area contributed by atoms with Crippen LogP contribution in [-0.2, 0) is 42.8 Å². The molecule has 0 atom stereocenters.